The zero-order valence-electron chi connectivity index (χ0n) is 13.3. The number of ether oxygens (including phenoxy) is 1. The zero-order chi connectivity index (χ0) is 14.8. The van der Waals surface area contributed by atoms with Crippen molar-refractivity contribution >= 4 is 6.03 Å². The highest BCUT2D eigenvalue weighted by molar-refractivity contribution is 5.74. The van der Waals surface area contributed by atoms with Crippen molar-refractivity contribution in [1.82, 2.24) is 15.1 Å². The summed E-state index contributed by atoms with van der Waals surface area (Å²) in [5, 5.41) is 3.20. The van der Waals surface area contributed by atoms with Gasteiger partial charge in [-0.3, -0.25) is 0 Å². The van der Waals surface area contributed by atoms with Gasteiger partial charge in [0.05, 0.1) is 18.8 Å². The summed E-state index contributed by atoms with van der Waals surface area (Å²) in [6.45, 7) is 6.23. The van der Waals surface area contributed by atoms with E-state index in [0.29, 0.717) is 31.8 Å². The minimum atomic E-state index is -0.183. The first-order valence-corrected chi connectivity index (χ1v) is 7.79. The Morgan fingerprint density at radius 3 is 2.80 bits per heavy atom. The van der Waals surface area contributed by atoms with E-state index in [0.717, 1.165) is 19.3 Å². The Labute approximate surface area is 122 Å². The first kappa shape index (κ1) is 15.6. The maximum Gasteiger partial charge on any atom is 0.317 e. The molecule has 1 saturated carbocycles. The third-order valence-electron chi connectivity index (χ3n) is 4.84. The Bertz CT molecular complexity index is 348. The summed E-state index contributed by atoms with van der Waals surface area (Å²) in [4.78, 5) is 16.6. The van der Waals surface area contributed by atoms with Crippen LogP contribution in [0.15, 0.2) is 0 Å². The van der Waals surface area contributed by atoms with Crippen LogP contribution < -0.4 is 5.32 Å². The van der Waals surface area contributed by atoms with E-state index in [1.807, 2.05) is 4.90 Å². The molecule has 1 aliphatic heterocycles. The number of hydrogen-bond donors (Lipinski definition) is 1. The second-order valence-electron chi connectivity index (χ2n) is 6.65. The summed E-state index contributed by atoms with van der Waals surface area (Å²) in [5.74, 6) is 0. The molecule has 2 amide bonds. The van der Waals surface area contributed by atoms with Crippen molar-refractivity contribution in [2.75, 3.05) is 33.8 Å². The summed E-state index contributed by atoms with van der Waals surface area (Å²) >= 11 is 0. The van der Waals surface area contributed by atoms with Crippen LogP contribution >= 0.6 is 0 Å². The molecule has 0 aromatic heterocycles. The predicted molar refractivity (Wildman–Crippen MR) is 79.9 cm³/mol. The standard InChI is InChI=1S/C15H29N3O2/c1-5-15(2)11-18(8-9-20-15)14(19)16-12-6-7-13(10-12)17(3)4/h12-13H,5-11H2,1-4H3,(H,16,19)/t12-,13-,15-/m1/s1. The van der Waals surface area contributed by atoms with E-state index in [4.69, 9.17) is 4.74 Å². The summed E-state index contributed by atoms with van der Waals surface area (Å²) in [6.07, 6.45) is 4.26. The Hall–Kier alpha value is -0.810. The molecule has 0 radical (unpaired) electrons. The van der Waals surface area contributed by atoms with E-state index in [-0.39, 0.29) is 11.6 Å². The van der Waals surface area contributed by atoms with Crippen molar-refractivity contribution in [2.45, 2.75) is 57.2 Å². The quantitative estimate of drug-likeness (QED) is 0.857. The molecule has 0 unspecified atom stereocenters. The lowest BCUT2D eigenvalue weighted by Gasteiger charge is -2.40. The van der Waals surface area contributed by atoms with Gasteiger partial charge in [0.25, 0.3) is 0 Å². The summed E-state index contributed by atoms with van der Waals surface area (Å²) < 4.78 is 5.79. The number of amides is 2. The smallest absolute Gasteiger partial charge is 0.317 e. The summed E-state index contributed by atoms with van der Waals surface area (Å²) in [7, 11) is 4.23. The molecule has 2 aliphatic rings. The van der Waals surface area contributed by atoms with Crippen LogP contribution in [0.25, 0.3) is 0 Å². The molecule has 5 heteroatoms. The largest absolute Gasteiger partial charge is 0.372 e. The molecule has 1 N–H and O–H groups in total. The maximum absolute atomic E-state index is 12.4. The molecular weight excluding hydrogens is 254 g/mol. The molecule has 5 nitrogen and oxygen atoms in total. The second-order valence-corrected chi connectivity index (χ2v) is 6.65. The van der Waals surface area contributed by atoms with Crippen LogP contribution in [-0.2, 0) is 4.74 Å². The van der Waals surface area contributed by atoms with Crippen LogP contribution in [0.5, 0.6) is 0 Å². The van der Waals surface area contributed by atoms with Gasteiger partial charge >= 0.3 is 6.03 Å². The highest BCUT2D eigenvalue weighted by Crippen LogP contribution is 2.24. The third-order valence-corrected chi connectivity index (χ3v) is 4.84. The number of carbonyl (C=O) groups is 1. The third kappa shape index (κ3) is 3.64. The van der Waals surface area contributed by atoms with Gasteiger partial charge in [0.2, 0.25) is 0 Å². The van der Waals surface area contributed by atoms with Crippen molar-refractivity contribution in [2.24, 2.45) is 0 Å². The molecule has 1 aliphatic carbocycles. The average molecular weight is 283 g/mol. The van der Waals surface area contributed by atoms with E-state index in [9.17, 15) is 4.79 Å². The predicted octanol–water partition coefficient (Wildman–Crippen LogP) is 1.68. The first-order valence-electron chi connectivity index (χ1n) is 7.79. The van der Waals surface area contributed by atoms with E-state index in [2.05, 4.69) is 38.2 Å². The Kier molecular flexibility index (Phi) is 4.91. The van der Waals surface area contributed by atoms with Gasteiger partial charge in [-0.2, -0.15) is 0 Å². The van der Waals surface area contributed by atoms with Crippen LogP contribution in [0.1, 0.15) is 39.5 Å². The minimum absolute atomic E-state index is 0.0809. The minimum Gasteiger partial charge on any atom is -0.372 e. The normalized spacial score (nSPS) is 34.5. The molecule has 3 atom stereocenters. The average Bonchev–Trinajstić information content (AvgIpc) is 2.87. The fourth-order valence-electron chi connectivity index (χ4n) is 3.14. The number of morpholine rings is 1. The molecule has 0 aromatic rings. The molecule has 116 valence electrons. The van der Waals surface area contributed by atoms with Crippen molar-refractivity contribution < 1.29 is 9.53 Å². The number of urea groups is 1. The van der Waals surface area contributed by atoms with Gasteiger partial charge in [-0.25, -0.2) is 4.79 Å². The Morgan fingerprint density at radius 1 is 1.45 bits per heavy atom. The van der Waals surface area contributed by atoms with E-state index in [1.165, 1.54) is 6.42 Å². The molecule has 1 saturated heterocycles. The van der Waals surface area contributed by atoms with Crippen LogP contribution in [0.3, 0.4) is 0 Å². The van der Waals surface area contributed by atoms with Gasteiger partial charge in [0.15, 0.2) is 0 Å². The van der Waals surface area contributed by atoms with Crippen LogP contribution in [0, 0.1) is 0 Å². The lowest BCUT2D eigenvalue weighted by molar-refractivity contribution is -0.0874. The fourth-order valence-corrected chi connectivity index (χ4v) is 3.14. The molecular formula is C15H29N3O2. The Balaban J connectivity index is 1.83. The summed E-state index contributed by atoms with van der Waals surface area (Å²) in [6, 6.07) is 1.01. The van der Waals surface area contributed by atoms with Crippen LogP contribution in [0.2, 0.25) is 0 Å². The molecule has 2 fully saturated rings. The molecule has 20 heavy (non-hydrogen) atoms. The number of nitrogens with zero attached hydrogens (tertiary/aromatic N) is 2. The monoisotopic (exact) mass is 283 g/mol. The topological polar surface area (TPSA) is 44.8 Å². The second kappa shape index (κ2) is 6.31. The summed E-state index contributed by atoms with van der Waals surface area (Å²) in [5.41, 5.74) is -0.183. The molecule has 0 aromatic carbocycles. The lowest BCUT2D eigenvalue weighted by Crippen LogP contribution is -2.55. The van der Waals surface area contributed by atoms with Crippen LogP contribution in [0.4, 0.5) is 4.79 Å². The number of hydrogen-bond acceptors (Lipinski definition) is 3. The van der Waals surface area contributed by atoms with E-state index in [1.54, 1.807) is 0 Å². The fraction of sp³-hybridized carbons (Fsp3) is 0.933. The number of carbonyl (C=O) groups excluding carboxylic acids is 1. The molecule has 2 rings (SSSR count). The van der Waals surface area contributed by atoms with Gasteiger partial charge in [-0.1, -0.05) is 6.92 Å². The molecule has 1 heterocycles. The highest BCUT2D eigenvalue weighted by Gasteiger charge is 2.34. The van der Waals surface area contributed by atoms with Gasteiger partial charge < -0.3 is 19.9 Å². The van der Waals surface area contributed by atoms with Gasteiger partial charge in [0, 0.05) is 18.6 Å². The van der Waals surface area contributed by atoms with Gasteiger partial charge in [-0.15, -0.1) is 0 Å². The number of rotatable bonds is 3. The maximum atomic E-state index is 12.4. The van der Waals surface area contributed by atoms with Crippen molar-refractivity contribution in [3.63, 3.8) is 0 Å². The van der Waals surface area contributed by atoms with Gasteiger partial charge in [0.1, 0.15) is 0 Å². The molecule has 0 spiro atoms. The van der Waals surface area contributed by atoms with Gasteiger partial charge in [-0.05, 0) is 46.7 Å². The van der Waals surface area contributed by atoms with E-state index < -0.39 is 0 Å². The Morgan fingerprint density at radius 2 is 2.20 bits per heavy atom. The van der Waals surface area contributed by atoms with Crippen LogP contribution in [-0.4, -0.2) is 67.3 Å². The first-order chi connectivity index (χ1) is 9.43. The lowest BCUT2D eigenvalue weighted by atomic mass is 10.0. The number of nitrogens with one attached hydrogen (secondary N) is 1. The SMILES string of the molecule is CC[C@]1(C)CN(C(=O)N[C@@H]2CC[C@@H](N(C)C)C2)CCO1. The zero-order valence-corrected chi connectivity index (χ0v) is 13.3. The van der Waals surface area contributed by atoms with E-state index >= 15 is 0 Å². The molecule has 0 bridgehead atoms. The highest BCUT2D eigenvalue weighted by atomic mass is 16.5. The van der Waals surface area contributed by atoms with Crippen molar-refractivity contribution in [3.8, 4) is 0 Å². The van der Waals surface area contributed by atoms with Crippen molar-refractivity contribution in [3.05, 3.63) is 0 Å². The van der Waals surface area contributed by atoms with Crippen molar-refractivity contribution in [1.29, 1.82) is 0 Å².